The molecule has 4 nitrogen and oxygen atoms in total. The Bertz CT molecular complexity index is 480. The van der Waals surface area contributed by atoms with E-state index in [0.29, 0.717) is 16.2 Å². The molecule has 1 amide bonds. The van der Waals surface area contributed by atoms with E-state index >= 15 is 0 Å². The summed E-state index contributed by atoms with van der Waals surface area (Å²) < 4.78 is 0.646. The maximum atomic E-state index is 12.6. The molecule has 19 heavy (non-hydrogen) atoms. The van der Waals surface area contributed by atoms with Gasteiger partial charge >= 0.3 is 0 Å². The van der Waals surface area contributed by atoms with Crippen molar-refractivity contribution < 1.29 is 4.79 Å². The van der Waals surface area contributed by atoms with Crippen LogP contribution >= 0.6 is 15.9 Å². The van der Waals surface area contributed by atoms with Gasteiger partial charge in [0.15, 0.2) is 0 Å². The Morgan fingerprint density at radius 3 is 3.00 bits per heavy atom. The van der Waals surface area contributed by atoms with Crippen molar-refractivity contribution >= 4 is 21.8 Å². The minimum Gasteiger partial charge on any atom is -0.337 e. The zero-order valence-electron chi connectivity index (χ0n) is 10.9. The highest BCUT2D eigenvalue weighted by Gasteiger charge is 2.31. The summed E-state index contributed by atoms with van der Waals surface area (Å²) in [6, 6.07) is 4.22. The molecular formula is C14H18BrN3O. The fourth-order valence-corrected chi connectivity index (χ4v) is 3.53. The van der Waals surface area contributed by atoms with Crippen LogP contribution in [0.1, 0.15) is 29.6 Å². The van der Waals surface area contributed by atoms with E-state index in [2.05, 4.69) is 25.8 Å². The Morgan fingerprint density at radius 2 is 2.16 bits per heavy atom. The van der Waals surface area contributed by atoms with Crippen LogP contribution in [-0.4, -0.2) is 52.9 Å². The number of fused-ring (bicyclic) bond motifs is 1. The van der Waals surface area contributed by atoms with E-state index in [0.717, 1.165) is 26.1 Å². The minimum absolute atomic E-state index is 0.105. The van der Waals surface area contributed by atoms with Crippen LogP contribution in [0.3, 0.4) is 0 Å². The molecule has 0 radical (unpaired) electrons. The van der Waals surface area contributed by atoms with Crippen molar-refractivity contribution in [3.63, 3.8) is 0 Å². The number of halogens is 1. The second-order valence-electron chi connectivity index (χ2n) is 5.28. The summed E-state index contributed by atoms with van der Waals surface area (Å²) in [7, 11) is 0. The number of amides is 1. The Labute approximate surface area is 121 Å². The van der Waals surface area contributed by atoms with Crippen LogP contribution in [0.2, 0.25) is 0 Å². The van der Waals surface area contributed by atoms with E-state index < -0.39 is 0 Å². The van der Waals surface area contributed by atoms with Gasteiger partial charge in [0.2, 0.25) is 0 Å². The first-order chi connectivity index (χ1) is 9.25. The first kappa shape index (κ1) is 13.1. The monoisotopic (exact) mass is 323 g/mol. The van der Waals surface area contributed by atoms with Crippen LogP contribution in [0.15, 0.2) is 22.9 Å². The summed E-state index contributed by atoms with van der Waals surface area (Å²) >= 11 is 3.37. The second-order valence-corrected chi connectivity index (χ2v) is 6.03. The zero-order chi connectivity index (χ0) is 13.2. The van der Waals surface area contributed by atoms with Crippen molar-refractivity contribution in [2.75, 3.05) is 26.2 Å². The molecule has 3 heterocycles. The fraction of sp³-hybridized carbons (Fsp3) is 0.571. The lowest BCUT2D eigenvalue weighted by Crippen LogP contribution is -2.39. The van der Waals surface area contributed by atoms with E-state index in [-0.39, 0.29) is 5.91 Å². The lowest BCUT2D eigenvalue weighted by atomic mass is 10.2. The quantitative estimate of drug-likeness (QED) is 0.743. The predicted molar refractivity (Wildman–Crippen MR) is 77.1 cm³/mol. The van der Waals surface area contributed by atoms with Crippen LogP contribution in [0, 0.1) is 0 Å². The first-order valence-electron chi connectivity index (χ1n) is 6.89. The fourth-order valence-electron chi connectivity index (χ4n) is 3.11. The third-order valence-electron chi connectivity index (χ3n) is 4.08. The largest absolute Gasteiger partial charge is 0.337 e. The zero-order valence-corrected chi connectivity index (χ0v) is 12.5. The van der Waals surface area contributed by atoms with E-state index in [1.165, 1.54) is 19.4 Å². The molecule has 0 N–H and O–H groups in total. The van der Waals surface area contributed by atoms with Gasteiger partial charge in [0.25, 0.3) is 5.91 Å². The number of carbonyl (C=O) groups is 1. The minimum atomic E-state index is 0.105. The standard InChI is InChI=1S/C14H18BrN3O/c15-13-12(5-1-6-16-13)14(19)18-9-3-8-17-7-2-4-11(17)10-18/h1,5-6,11H,2-4,7-10H2. The molecule has 1 atom stereocenters. The van der Waals surface area contributed by atoms with Gasteiger partial charge in [-0.25, -0.2) is 4.98 Å². The average molecular weight is 324 g/mol. The lowest BCUT2D eigenvalue weighted by molar-refractivity contribution is 0.0742. The van der Waals surface area contributed by atoms with Crippen molar-refractivity contribution in [3.05, 3.63) is 28.5 Å². The predicted octanol–water partition coefficient (Wildman–Crippen LogP) is 2.15. The molecule has 1 unspecified atom stereocenters. The summed E-state index contributed by atoms with van der Waals surface area (Å²) in [6.07, 6.45) is 5.25. The maximum absolute atomic E-state index is 12.6. The van der Waals surface area contributed by atoms with Crippen LogP contribution in [0.4, 0.5) is 0 Å². The Balaban J connectivity index is 1.78. The number of hydrogen-bond acceptors (Lipinski definition) is 3. The second kappa shape index (κ2) is 5.59. The van der Waals surface area contributed by atoms with Crippen molar-refractivity contribution in [3.8, 4) is 0 Å². The number of nitrogens with zero attached hydrogens (tertiary/aromatic N) is 3. The summed E-state index contributed by atoms with van der Waals surface area (Å²) in [5, 5.41) is 0. The van der Waals surface area contributed by atoms with Crippen LogP contribution < -0.4 is 0 Å². The topological polar surface area (TPSA) is 36.4 Å². The molecule has 2 aliphatic rings. The average Bonchev–Trinajstić information content (AvgIpc) is 2.76. The highest BCUT2D eigenvalue weighted by Crippen LogP contribution is 2.23. The number of pyridine rings is 1. The normalized spacial score (nSPS) is 24.1. The summed E-state index contributed by atoms with van der Waals surface area (Å²) in [4.78, 5) is 21.3. The lowest BCUT2D eigenvalue weighted by Gasteiger charge is -2.25. The molecule has 5 heteroatoms. The molecule has 1 aromatic heterocycles. The van der Waals surface area contributed by atoms with Gasteiger partial charge in [-0.1, -0.05) is 0 Å². The van der Waals surface area contributed by atoms with Gasteiger partial charge in [-0.05, 0) is 53.9 Å². The molecule has 0 aliphatic carbocycles. The van der Waals surface area contributed by atoms with Gasteiger partial charge in [-0.15, -0.1) is 0 Å². The third-order valence-corrected chi connectivity index (χ3v) is 4.71. The molecule has 1 aromatic rings. The molecule has 0 bridgehead atoms. The van der Waals surface area contributed by atoms with Crippen molar-refractivity contribution in [2.24, 2.45) is 0 Å². The summed E-state index contributed by atoms with van der Waals surface area (Å²) in [5.74, 6) is 0.105. The smallest absolute Gasteiger partial charge is 0.256 e. The molecular weight excluding hydrogens is 306 g/mol. The van der Waals surface area contributed by atoms with Crippen molar-refractivity contribution in [1.29, 1.82) is 0 Å². The van der Waals surface area contributed by atoms with Gasteiger partial charge in [-0.2, -0.15) is 0 Å². The first-order valence-corrected chi connectivity index (χ1v) is 7.69. The Morgan fingerprint density at radius 1 is 1.32 bits per heavy atom. The van der Waals surface area contributed by atoms with E-state index in [4.69, 9.17) is 0 Å². The van der Waals surface area contributed by atoms with E-state index in [1.54, 1.807) is 6.20 Å². The van der Waals surface area contributed by atoms with Crippen LogP contribution in [0.5, 0.6) is 0 Å². The van der Waals surface area contributed by atoms with Gasteiger partial charge in [0, 0.05) is 31.9 Å². The van der Waals surface area contributed by atoms with Gasteiger partial charge in [0.1, 0.15) is 4.60 Å². The van der Waals surface area contributed by atoms with Gasteiger partial charge in [0.05, 0.1) is 5.56 Å². The third kappa shape index (κ3) is 2.67. The molecule has 0 aromatic carbocycles. The van der Waals surface area contributed by atoms with Gasteiger partial charge < -0.3 is 4.90 Å². The summed E-state index contributed by atoms with van der Waals surface area (Å²) in [5.41, 5.74) is 0.675. The van der Waals surface area contributed by atoms with Crippen molar-refractivity contribution in [1.82, 2.24) is 14.8 Å². The highest BCUT2D eigenvalue weighted by atomic mass is 79.9. The molecule has 2 saturated heterocycles. The van der Waals surface area contributed by atoms with Gasteiger partial charge in [-0.3, -0.25) is 9.69 Å². The molecule has 0 saturated carbocycles. The highest BCUT2D eigenvalue weighted by molar-refractivity contribution is 9.10. The number of rotatable bonds is 1. The van der Waals surface area contributed by atoms with Crippen LogP contribution in [-0.2, 0) is 0 Å². The number of aromatic nitrogens is 1. The number of carbonyl (C=O) groups excluding carboxylic acids is 1. The van der Waals surface area contributed by atoms with E-state index in [9.17, 15) is 4.79 Å². The Kier molecular flexibility index (Phi) is 3.84. The summed E-state index contributed by atoms with van der Waals surface area (Å²) in [6.45, 7) is 4.04. The Hall–Kier alpha value is -0.940. The SMILES string of the molecule is O=C(c1cccnc1Br)N1CCCN2CCCC2C1. The molecule has 2 fully saturated rings. The molecule has 0 spiro atoms. The number of hydrogen-bond donors (Lipinski definition) is 0. The molecule has 3 rings (SSSR count). The van der Waals surface area contributed by atoms with Crippen molar-refractivity contribution in [2.45, 2.75) is 25.3 Å². The molecule has 102 valence electrons. The molecule has 2 aliphatic heterocycles. The van der Waals surface area contributed by atoms with Crippen LogP contribution in [0.25, 0.3) is 0 Å². The maximum Gasteiger partial charge on any atom is 0.256 e. The van der Waals surface area contributed by atoms with E-state index in [1.807, 2.05) is 17.0 Å².